The molecule has 1 aromatic heterocycles. The fourth-order valence-corrected chi connectivity index (χ4v) is 3.38. The lowest BCUT2D eigenvalue weighted by Crippen LogP contribution is -2.37. The van der Waals surface area contributed by atoms with Gasteiger partial charge in [0.15, 0.2) is 0 Å². The van der Waals surface area contributed by atoms with Gasteiger partial charge in [-0.05, 0) is 50.5 Å². The number of aromatic nitrogens is 2. The maximum absolute atomic E-state index is 12.3. The number of carbonyl (C=O) groups excluding carboxylic acids is 1. The van der Waals surface area contributed by atoms with E-state index in [-0.39, 0.29) is 11.3 Å². The van der Waals surface area contributed by atoms with Crippen molar-refractivity contribution in [1.29, 1.82) is 0 Å². The molecule has 0 N–H and O–H groups in total. The van der Waals surface area contributed by atoms with E-state index in [1.54, 1.807) is 0 Å². The summed E-state index contributed by atoms with van der Waals surface area (Å²) in [4.78, 5) is 12.3. The molecule has 0 radical (unpaired) electrons. The minimum absolute atomic E-state index is 0.00733. The Kier molecular flexibility index (Phi) is 4.36. The molecule has 0 aromatic carbocycles. The number of rotatable bonds is 4. The summed E-state index contributed by atoms with van der Waals surface area (Å²) in [5.41, 5.74) is 1.11. The van der Waals surface area contributed by atoms with Crippen LogP contribution in [-0.4, -0.2) is 15.6 Å². The molecule has 112 valence electrons. The molecule has 1 saturated carbocycles. The average Bonchev–Trinajstić information content (AvgIpc) is 2.76. The molecule has 2 unspecified atom stereocenters. The maximum atomic E-state index is 12.3. The molecular weight excluding hydrogens is 248 g/mol. The fraction of sp³-hybridized carbons (Fsp3) is 0.765. The molecule has 3 heteroatoms. The summed E-state index contributed by atoms with van der Waals surface area (Å²) < 4.78 is 2.00. The highest BCUT2D eigenvalue weighted by Crippen LogP contribution is 2.39. The van der Waals surface area contributed by atoms with Crippen molar-refractivity contribution in [3.63, 3.8) is 0 Å². The zero-order valence-corrected chi connectivity index (χ0v) is 13.5. The Balaban J connectivity index is 2.07. The monoisotopic (exact) mass is 276 g/mol. The van der Waals surface area contributed by atoms with Gasteiger partial charge in [0.1, 0.15) is 5.78 Å². The summed E-state index contributed by atoms with van der Waals surface area (Å²) in [6.45, 7) is 10.9. The molecule has 2 atom stereocenters. The number of carbonyl (C=O) groups is 1. The lowest BCUT2D eigenvalue weighted by atomic mass is 9.66. The van der Waals surface area contributed by atoms with Crippen LogP contribution in [-0.2, 0) is 11.2 Å². The minimum Gasteiger partial charge on any atom is -0.299 e. The quantitative estimate of drug-likeness (QED) is 0.832. The van der Waals surface area contributed by atoms with Crippen LogP contribution >= 0.6 is 0 Å². The zero-order chi connectivity index (χ0) is 14.9. The second-order valence-electron chi connectivity index (χ2n) is 7.45. The van der Waals surface area contributed by atoms with Gasteiger partial charge in [0, 0.05) is 24.6 Å². The molecule has 0 bridgehead atoms. The molecule has 0 amide bonds. The van der Waals surface area contributed by atoms with Crippen LogP contribution in [0.15, 0.2) is 12.3 Å². The van der Waals surface area contributed by atoms with Crippen molar-refractivity contribution < 1.29 is 4.79 Å². The first-order chi connectivity index (χ1) is 9.29. The van der Waals surface area contributed by atoms with E-state index in [1.165, 1.54) is 6.42 Å². The van der Waals surface area contributed by atoms with Crippen LogP contribution in [0.4, 0.5) is 0 Å². The van der Waals surface area contributed by atoms with Crippen LogP contribution in [0.25, 0.3) is 0 Å². The van der Waals surface area contributed by atoms with E-state index in [1.807, 2.05) is 10.9 Å². The topological polar surface area (TPSA) is 34.9 Å². The largest absolute Gasteiger partial charge is 0.299 e. The number of hydrogen-bond acceptors (Lipinski definition) is 2. The summed E-state index contributed by atoms with van der Waals surface area (Å²) in [6.07, 6.45) is 5.91. The molecule has 1 heterocycles. The van der Waals surface area contributed by atoms with Crippen LogP contribution in [0.3, 0.4) is 0 Å². The van der Waals surface area contributed by atoms with Crippen molar-refractivity contribution in [1.82, 2.24) is 9.78 Å². The van der Waals surface area contributed by atoms with Gasteiger partial charge in [0.2, 0.25) is 0 Å². The summed E-state index contributed by atoms with van der Waals surface area (Å²) in [6, 6.07) is 2.49. The highest BCUT2D eigenvalue weighted by molar-refractivity contribution is 5.82. The Bertz CT molecular complexity index is 473. The fourth-order valence-electron chi connectivity index (χ4n) is 3.38. The molecule has 2 rings (SSSR count). The van der Waals surface area contributed by atoms with Gasteiger partial charge in [-0.1, -0.05) is 20.8 Å². The van der Waals surface area contributed by atoms with E-state index < -0.39 is 0 Å². The van der Waals surface area contributed by atoms with Crippen molar-refractivity contribution in [2.45, 2.75) is 66.3 Å². The van der Waals surface area contributed by atoms with Gasteiger partial charge in [-0.3, -0.25) is 9.48 Å². The van der Waals surface area contributed by atoms with Gasteiger partial charge in [-0.25, -0.2) is 0 Å². The van der Waals surface area contributed by atoms with Crippen LogP contribution in [0.2, 0.25) is 0 Å². The number of Topliss-reactive ketones (excluding diaryl/α,β-unsaturated/α-hetero) is 1. The molecule has 3 nitrogen and oxygen atoms in total. The van der Waals surface area contributed by atoms with Crippen molar-refractivity contribution in [2.75, 3.05) is 0 Å². The van der Waals surface area contributed by atoms with Crippen molar-refractivity contribution in [3.8, 4) is 0 Å². The van der Waals surface area contributed by atoms with E-state index in [0.717, 1.165) is 25.0 Å². The van der Waals surface area contributed by atoms with Gasteiger partial charge < -0.3 is 0 Å². The third-order valence-corrected chi connectivity index (χ3v) is 4.66. The average molecular weight is 276 g/mol. The smallest absolute Gasteiger partial charge is 0.136 e. The third-order valence-electron chi connectivity index (χ3n) is 4.66. The standard InChI is InChI=1S/C17H28N2O/c1-12(2)19-9-8-14(18-19)11-17(4,5)15-7-6-13(3)10-16(15)20/h8-9,12-13,15H,6-7,10-11H2,1-5H3. The molecule has 1 aliphatic carbocycles. The van der Waals surface area contributed by atoms with E-state index in [9.17, 15) is 4.79 Å². The molecule has 1 aromatic rings. The first-order valence-corrected chi connectivity index (χ1v) is 7.86. The molecule has 0 spiro atoms. The zero-order valence-electron chi connectivity index (χ0n) is 13.5. The highest BCUT2D eigenvalue weighted by Gasteiger charge is 2.38. The van der Waals surface area contributed by atoms with Crippen molar-refractivity contribution in [3.05, 3.63) is 18.0 Å². The van der Waals surface area contributed by atoms with Crippen LogP contribution in [0, 0.1) is 17.3 Å². The second-order valence-corrected chi connectivity index (χ2v) is 7.45. The molecule has 0 aliphatic heterocycles. The summed E-state index contributed by atoms with van der Waals surface area (Å²) in [5, 5.41) is 4.64. The second kappa shape index (κ2) is 5.71. The maximum Gasteiger partial charge on any atom is 0.136 e. The third kappa shape index (κ3) is 3.31. The summed E-state index contributed by atoms with van der Waals surface area (Å²) in [7, 11) is 0. The Morgan fingerprint density at radius 2 is 2.10 bits per heavy atom. The Morgan fingerprint density at radius 1 is 1.40 bits per heavy atom. The van der Waals surface area contributed by atoms with Crippen LogP contribution in [0.5, 0.6) is 0 Å². The predicted octanol–water partition coefficient (Wildman–Crippen LogP) is 4.04. The summed E-state index contributed by atoms with van der Waals surface area (Å²) >= 11 is 0. The van der Waals surface area contributed by atoms with E-state index in [2.05, 4.69) is 45.8 Å². The van der Waals surface area contributed by atoms with Gasteiger partial charge in [0.05, 0.1) is 5.69 Å². The van der Waals surface area contributed by atoms with Crippen molar-refractivity contribution in [2.24, 2.45) is 17.3 Å². The van der Waals surface area contributed by atoms with Gasteiger partial charge in [0.25, 0.3) is 0 Å². The molecule has 1 fully saturated rings. The molecule has 1 aliphatic rings. The first kappa shape index (κ1) is 15.3. The molecule has 20 heavy (non-hydrogen) atoms. The normalized spacial score (nSPS) is 24.4. The van der Waals surface area contributed by atoms with Crippen molar-refractivity contribution >= 4 is 5.78 Å². The summed E-state index contributed by atoms with van der Waals surface area (Å²) in [5.74, 6) is 1.22. The van der Waals surface area contributed by atoms with E-state index in [4.69, 9.17) is 0 Å². The number of nitrogens with zero attached hydrogens (tertiary/aromatic N) is 2. The number of ketones is 1. The Labute approximate surface area is 122 Å². The Morgan fingerprint density at radius 3 is 2.65 bits per heavy atom. The Hall–Kier alpha value is -1.12. The van der Waals surface area contributed by atoms with Gasteiger partial charge in [-0.2, -0.15) is 5.10 Å². The number of hydrogen-bond donors (Lipinski definition) is 0. The predicted molar refractivity (Wildman–Crippen MR) is 81.6 cm³/mol. The van der Waals surface area contributed by atoms with Gasteiger partial charge >= 0.3 is 0 Å². The SMILES string of the molecule is CC1CCC(C(C)(C)Cc2ccn(C(C)C)n2)C(=O)C1. The lowest BCUT2D eigenvalue weighted by molar-refractivity contribution is -0.129. The molecular formula is C17H28N2O. The molecule has 0 saturated heterocycles. The van der Waals surface area contributed by atoms with Crippen LogP contribution in [0.1, 0.15) is 65.6 Å². The minimum atomic E-state index is 0.00733. The first-order valence-electron chi connectivity index (χ1n) is 7.86. The van der Waals surface area contributed by atoms with Crippen LogP contribution < -0.4 is 0 Å². The van der Waals surface area contributed by atoms with E-state index in [0.29, 0.717) is 17.7 Å². The van der Waals surface area contributed by atoms with Gasteiger partial charge in [-0.15, -0.1) is 0 Å². The van der Waals surface area contributed by atoms with E-state index >= 15 is 0 Å². The highest BCUT2D eigenvalue weighted by atomic mass is 16.1. The lowest BCUT2D eigenvalue weighted by Gasteiger charge is -2.37.